The van der Waals surface area contributed by atoms with Crippen LogP contribution in [0.4, 0.5) is 0 Å². The van der Waals surface area contributed by atoms with E-state index in [0.29, 0.717) is 0 Å². The third kappa shape index (κ3) is 3.44. The first kappa shape index (κ1) is 4.44. The Morgan fingerprint density at radius 2 is 2.60 bits per heavy atom. The Balaban J connectivity index is 3.46. The van der Waals surface area contributed by atoms with Crippen LogP contribution >= 0.6 is 0 Å². The molecular weight excluding hydrogens is 88.1 g/mol. The smallest absolute Gasteiger partial charge is 0.214 e. The first-order valence-electron chi connectivity index (χ1n) is 0.875. The van der Waals surface area contributed by atoms with E-state index in [9.17, 15) is 0 Å². The molecular formula is CH2N2OS. The molecule has 0 aliphatic rings. The summed E-state index contributed by atoms with van der Waals surface area (Å²) in [7, 11) is 0. The van der Waals surface area contributed by atoms with E-state index in [2.05, 4.69) is 4.36 Å². The molecule has 3 nitrogen and oxygen atoms in total. The van der Waals surface area contributed by atoms with Gasteiger partial charge in [0.15, 0.2) is 0 Å². The second kappa shape index (κ2) is 3.44. The molecule has 0 radical (unpaired) electrons. The van der Waals surface area contributed by atoms with Crippen molar-refractivity contribution >= 4 is 11.5 Å². The van der Waals surface area contributed by atoms with E-state index in [1.165, 1.54) is 6.19 Å². The molecule has 0 aromatic heterocycles. The second-order valence-corrected chi connectivity index (χ2v) is 0.709. The summed E-state index contributed by atoms with van der Waals surface area (Å²) in [5, 5.41) is 7.46. The van der Waals surface area contributed by atoms with Gasteiger partial charge < -0.3 is 0 Å². The van der Waals surface area contributed by atoms with E-state index in [4.69, 9.17) is 9.47 Å². The van der Waals surface area contributed by atoms with Crippen LogP contribution in [0, 0.1) is 11.5 Å². The molecule has 0 saturated heterocycles. The van der Waals surface area contributed by atoms with Gasteiger partial charge in [0.25, 0.3) is 0 Å². The monoisotopic (exact) mass is 90.0 g/mol. The molecule has 0 fully saturated rings. The zero-order valence-electron chi connectivity index (χ0n) is 2.30. The standard InChI is InChI=1S/CH2N2OS/c2-1-3-5-4/h5H2. The number of nitriles is 1. The molecule has 0 saturated carbocycles. The maximum Gasteiger partial charge on any atom is 0.214 e. The molecule has 0 aliphatic carbocycles. The van der Waals surface area contributed by atoms with Gasteiger partial charge in [-0.05, 0) is 0 Å². The van der Waals surface area contributed by atoms with E-state index in [1.807, 2.05) is 0 Å². The topological polar surface area (TPSA) is 53.2 Å². The van der Waals surface area contributed by atoms with Crippen LogP contribution in [0.15, 0.2) is 4.36 Å². The van der Waals surface area contributed by atoms with Crippen LogP contribution in [-0.2, 0) is 11.5 Å². The van der Waals surface area contributed by atoms with Gasteiger partial charge in [-0.2, -0.15) is 5.26 Å². The van der Waals surface area contributed by atoms with Crippen molar-refractivity contribution < 1.29 is 4.21 Å². The molecule has 0 aromatic rings. The highest BCUT2D eigenvalue weighted by Gasteiger charge is 1.39. The Labute approximate surface area is 32.5 Å². The molecule has 4 heteroatoms. The molecule has 0 N–H and O–H groups in total. The molecule has 0 unspecified atom stereocenters. The largest absolute Gasteiger partial charge is 0.255 e. The van der Waals surface area contributed by atoms with Crippen molar-refractivity contribution in [2.45, 2.75) is 0 Å². The maximum atomic E-state index is 9.17. The molecule has 0 spiro atoms. The Morgan fingerprint density at radius 1 is 2.00 bits per heavy atom. The van der Waals surface area contributed by atoms with Gasteiger partial charge in [-0.3, -0.25) is 4.21 Å². The second-order valence-electron chi connectivity index (χ2n) is 0.303. The lowest BCUT2D eigenvalue weighted by atomic mass is 11.5. The molecule has 0 atom stereocenters. The number of rotatable bonds is 0. The summed E-state index contributed by atoms with van der Waals surface area (Å²) >= 11 is -0.828. The lowest BCUT2D eigenvalue weighted by Gasteiger charge is -1.39. The van der Waals surface area contributed by atoms with Crippen LogP contribution in [0.3, 0.4) is 0 Å². The number of hydrogen-bond donors (Lipinski definition) is 0. The summed E-state index contributed by atoms with van der Waals surface area (Å²) in [6.07, 6.45) is 1.34. The first-order chi connectivity index (χ1) is 2.41. The number of hydrogen-bond acceptors (Lipinski definition) is 3. The van der Waals surface area contributed by atoms with Gasteiger partial charge >= 0.3 is 0 Å². The molecule has 0 aliphatic heterocycles. The average molecular weight is 90.1 g/mol. The maximum absolute atomic E-state index is 9.17. The zero-order chi connectivity index (χ0) is 4.12. The van der Waals surface area contributed by atoms with Gasteiger partial charge in [0.2, 0.25) is 6.19 Å². The van der Waals surface area contributed by atoms with E-state index in [1.54, 1.807) is 0 Å². The highest BCUT2D eigenvalue weighted by Crippen LogP contribution is 1.44. The average Bonchev–Trinajstić information content (AvgIpc) is 1.41. The fraction of sp³-hybridized carbons (Fsp3) is 0. The predicted octanol–water partition coefficient (Wildman–Crippen LogP) is -0.671. The van der Waals surface area contributed by atoms with Gasteiger partial charge in [0.05, 0.1) is 0 Å². The summed E-state index contributed by atoms with van der Waals surface area (Å²) in [6, 6.07) is 0. The highest BCUT2D eigenvalue weighted by atomic mass is 32.1. The van der Waals surface area contributed by atoms with E-state index >= 15 is 0 Å². The van der Waals surface area contributed by atoms with Crippen molar-refractivity contribution in [1.29, 1.82) is 5.26 Å². The molecule has 0 aromatic carbocycles. The molecule has 5 heavy (non-hydrogen) atoms. The minimum atomic E-state index is -0.828. The van der Waals surface area contributed by atoms with Crippen LogP contribution in [0.5, 0.6) is 0 Å². The van der Waals surface area contributed by atoms with Crippen molar-refractivity contribution in [3.05, 3.63) is 0 Å². The normalized spacial score (nSPS) is 7.80. The van der Waals surface area contributed by atoms with Crippen LogP contribution in [0.25, 0.3) is 0 Å². The Bertz CT molecular complexity index is 96.7. The van der Waals surface area contributed by atoms with Crippen LogP contribution in [0.2, 0.25) is 0 Å². The van der Waals surface area contributed by atoms with Crippen LogP contribution < -0.4 is 0 Å². The summed E-state index contributed by atoms with van der Waals surface area (Å²) in [5.74, 6) is 0. The Kier molecular flexibility index (Phi) is 3.05. The first-order valence-corrected chi connectivity index (χ1v) is 1.73. The Morgan fingerprint density at radius 3 is 2.60 bits per heavy atom. The Hall–Kier alpha value is -0.560. The quantitative estimate of drug-likeness (QED) is 0.370. The minimum Gasteiger partial charge on any atom is -0.255 e. The van der Waals surface area contributed by atoms with Gasteiger partial charge in [-0.15, -0.1) is 4.36 Å². The van der Waals surface area contributed by atoms with E-state index < -0.39 is 11.5 Å². The molecule has 28 valence electrons. The van der Waals surface area contributed by atoms with Crippen LogP contribution in [0.1, 0.15) is 0 Å². The molecule has 0 amide bonds. The van der Waals surface area contributed by atoms with Crippen molar-refractivity contribution in [3.8, 4) is 6.19 Å². The third-order valence-electron chi connectivity index (χ3n) is 0.0956. The fourth-order valence-electron chi connectivity index (χ4n) is 0.0204. The van der Waals surface area contributed by atoms with E-state index in [-0.39, 0.29) is 0 Å². The summed E-state index contributed by atoms with van der Waals surface area (Å²) < 4.78 is 11.9. The molecule has 0 bridgehead atoms. The lowest BCUT2D eigenvalue weighted by Crippen LogP contribution is -1.33. The van der Waals surface area contributed by atoms with Gasteiger partial charge in [-0.25, -0.2) is 0 Å². The van der Waals surface area contributed by atoms with Gasteiger partial charge in [0.1, 0.15) is 0 Å². The molecule has 0 rings (SSSR count). The van der Waals surface area contributed by atoms with E-state index in [0.717, 1.165) is 0 Å². The van der Waals surface area contributed by atoms with Crippen molar-refractivity contribution in [3.63, 3.8) is 0 Å². The van der Waals surface area contributed by atoms with Crippen molar-refractivity contribution in [1.82, 2.24) is 0 Å². The molecule has 0 heterocycles. The zero-order valence-corrected chi connectivity index (χ0v) is 3.30. The summed E-state index contributed by atoms with van der Waals surface area (Å²) in [5.41, 5.74) is 0. The van der Waals surface area contributed by atoms with Crippen LogP contribution in [-0.4, -0.2) is 4.21 Å². The minimum absolute atomic E-state index is 0.828. The third-order valence-corrected chi connectivity index (χ3v) is 0.287. The lowest BCUT2D eigenvalue weighted by molar-refractivity contribution is 0.698. The van der Waals surface area contributed by atoms with Crippen molar-refractivity contribution in [2.75, 3.05) is 0 Å². The number of nitrogens with zero attached hydrogens (tertiary/aromatic N) is 2. The van der Waals surface area contributed by atoms with Gasteiger partial charge in [-0.1, -0.05) is 0 Å². The summed E-state index contributed by atoms with van der Waals surface area (Å²) in [6.45, 7) is 0. The highest BCUT2D eigenvalue weighted by molar-refractivity contribution is 7.54. The van der Waals surface area contributed by atoms with Gasteiger partial charge in [0, 0.05) is 11.5 Å². The summed E-state index contributed by atoms with van der Waals surface area (Å²) in [4.78, 5) is 0. The van der Waals surface area contributed by atoms with Crippen molar-refractivity contribution in [2.24, 2.45) is 4.36 Å². The fourth-order valence-corrected chi connectivity index (χ4v) is 0.0612. The SMILES string of the molecule is N#CN=[SH2]=O. The predicted molar refractivity (Wildman–Crippen MR) is 19.0 cm³/mol.